The Morgan fingerprint density at radius 3 is 2.90 bits per heavy atom. The number of rotatable bonds is 7. The summed E-state index contributed by atoms with van der Waals surface area (Å²) in [4.78, 5) is 1.19. The van der Waals surface area contributed by atoms with Gasteiger partial charge in [0.2, 0.25) is 5.13 Å². The van der Waals surface area contributed by atoms with E-state index in [2.05, 4.69) is 43.1 Å². The van der Waals surface area contributed by atoms with Gasteiger partial charge >= 0.3 is 0 Å². The molecule has 2 aromatic rings. The molecule has 0 saturated carbocycles. The maximum absolute atomic E-state index is 12.2. The van der Waals surface area contributed by atoms with E-state index >= 15 is 0 Å². The summed E-state index contributed by atoms with van der Waals surface area (Å²) in [7, 11) is -3.63. The number of hydrogen-bond donors (Lipinski definition) is 2. The molecule has 0 atom stereocenters. The van der Waals surface area contributed by atoms with Gasteiger partial charge in [0.15, 0.2) is 0 Å². The molecule has 2 aromatic heterocycles. The lowest BCUT2D eigenvalue weighted by Gasteiger charge is -2.02. The molecule has 2 rings (SSSR count). The predicted octanol–water partition coefficient (Wildman–Crippen LogP) is 2.66. The second-order valence-electron chi connectivity index (χ2n) is 3.88. The van der Waals surface area contributed by atoms with Crippen molar-refractivity contribution in [3.8, 4) is 0 Å². The maximum Gasteiger partial charge on any atom is 0.265 e. The van der Waals surface area contributed by atoms with Crippen molar-refractivity contribution in [1.82, 2.24) is 15.5 Å². The minimum absolute atomic E-state index is 0.228. The molecule has 0 aliphatic carbocycles. The molecular formula is C10H13BrN4O2S3. The van der Waals surface area contributed by atoms with Crippen molar-refractivity contribution < 1.29 is 8.42 Å². The van der Waals surface area contributed by atoms with Gasteiger partial charge in [0.05, 0.1) is 3.79 Å². The van der Waals surface area contributed by atoms with E-state index in [1.807, 2.05) is 0 Å². The van der Waals surface area contributed by atoms with Crippen molar-refractivity contribution in [2.75, 3.05) is 11.3 Å². The van der Waals surface area contributed by atoms with Crippen LogP contribution in [0.1, 0.15) is 18.2 Å². The zero-order valence-electron chi connectivity index (χ0n) is 10.6. The van der Waals surface area contributed by atoms with Crippen LogP contribution in [-0.4, -0.2) is 25.2 Å². The number of nitrogens with one attached hydrogen (secondary N) is 2. The molecule has 0 radical (unpaired) electrons. The van der Waals surface area contributed by atoms with Crippen molar-refractivity contribution in [3.63, 3.8) is 0 Å². The third-order valence-corrected chi connectivity index (χ3v) is 6.63. The highest BCUT2D eigenvalue weighted by molar-refractivity contribution is 9.11. The second kappa shape index (κ2) is 6.94. The highest BCUT2D eigenvalue weighted by atomic mass is 79.9. The largest absolute Gasteiger partial charge is 0.312 e. The number of halogens is 1. The molecule has 0 aliphatic heterocycles. The number of thiophene rings is 1. The van der Waals surface area contributed by atoms with E-state index < -0.39 is 10.0 Å². The lowest BCUT2D eigenvalue weighted by molar-refractivity contribution is 0.601. The minimum Gasteiger partial charge on any atom is -0.312 e. The van der Waals surface area contributed by atoms with Gasteiger partial charge in [0.1, 0.15) is 10.4 Å². The molecule has 110 valence electrons. The summed E-state index contributed by atoms with van der Waals surface area (Å²) in [6.45, 7) is 3.64. The van der Waals surface area contributed by atoms with Crippen LogP contribution in [0.5, 0.6) is 0 Å². The van der Waals surface area contributed by atoms with Crippen LogP contribution in [0.15, 0.2) is 20.3 Å². The molecule has 0 unspecified atom stereocenters. The molecule has 0 fully saturated rings. The van der Waals surface area contributed by atoms with Gasteiger partial charge in [-0.2, -0.15) is 0 Å². The van der Waals surface area contributed by atoms with E-state index in [9.17, 15) is 8.42 Å². The summed E-state index contributed by atoms with van der Waals surface area (Å²) < 4.78 is 27.5. The van der Waals surface area contributed by atoms with Crippen molar-refractivity contribution in [2.24, 2.45) is 0 Å². The summed E-state index contributed by atoms with van der Waals surface area (Å²) in [5, 5.41) is 10.8. The van der Waals surface area contributed by atoms with Crippen LogP contribution in [0.2, 0.25) is 0 Å². The van der Waals surface area contributed by atoms with Crippen LogP contribution >= 0.6 is 38.6 Å². The van der Waals surface area contributed by atoms with Gasteiger partial charge in [0.25, 0.3) is 10.0 Å². The first-order valence-electron chi connectivity index (χ1n) is 5.81. The molecule has 0 saturated heterocycles. The highest BCUT2D eigenvalue weighted by Crippen LogP contribution is 2.32. The molecule has 20 heavy (non-hydrogen) atoms. The number of aromatic nitrogens is 2. The molecule has 2 heterocycles. The summed E-state index contributed by atoms with van der Waals surface area (Å²) in [5.74, 6) is 0. The average molecular weight is 397 g/mol. The van der Waals surface area contributed by atoms with Gasteiger partial charge in [-0.25, -0.2) is 8.42 Å². The quantitative estimate of drug-likeness (QED) is 0.702. The third-order valence-electron chi connectivity index (χ3n) is 2.30. The van der Waals surface area contributed by atoms with E-state index in [4.69, 9.17) is 0 Å². The Kier molecular flexibility index (Phi) is 5.49. The average Bonchev–Trinajstić information content (AvgIpc) is 2.99. The van der Waals surface area contributed by atoms with Gasteiger partial charge < -0.3 is 5.32 Å². The second-order valence-corrected chi connectivity index (χ2v) is 8.82. The van der Waals surface area contributed by atoms with Crippen molar-refractivity contribution in [1.29, 1.82) is 0 Å². The lowest BCUT2D eigenvalue weighted by Crippen LogP contribution is -2.14. The first-order valence-corrected chi connectivity index (χ1v) is 9.78. The summed E-state index contributed by atoms with van der Waals surface area (Å²) >= 11 is 5.85. The first-order chi connectivity index (χ1) is 9.53. The molecule has 0 bridgehead atoms. The first kappa shape index (κ1) is 15.8. The minimum atomic E-state index is -3.63. The highest BCUT2D eigenvalue weighted by Gasteiger charge is 2.22. The van der Waals surface area contributed by atoms with Crippen molar-refractivity contribution in [2.45, 2.75) is 24.8 Å². The lowest BCUT2D eigenvalue weighted by atomic mass is 10.4. The SMILES string of the molecule is CCCNCc1cc(S(=O)(=O)Nc2nncs2)c(Br)s1. The number of hydrogen-bond acceptors (Lipinski definition) is 7. The molecule has 0 aromatic carbocycles. The molecule has 6 nitrogen and oxygen atoms in total. The number of sulfonamides is 1. The Bertz CT molecular complexity index is 654. The molecular weight excluding hydrogens is 384 g/mol. The normalized spacial score (nSPS) is 11.7. The van der Waals surface area contributed by atoms with E-state index in [1.165, 1.54) is 16.8 Å². The third kappa shape index (κ3) is 3.98. The molecule has 0 spiro atoms. The predicted molar refractivity (Wildman–Crippen MR) is 84.7 cm³/mol. The Labute approximate surface area is 133 Å². The molecule has 0 amide bonds. The monoisotopic (exact) mass is 396 g/mol. The summed E-state index contributed by atoms with van der Waals surface area (Å²) in [6, 6.07) is 1.67. The van der Waals surface area contributed by atoms with Gasteiger partial charge in [-0.3, -0.25) is 4.72 Å². The Hall–Kier alpha value is -0.550. The van der Waals surface area contributed by atoms with E-state index in [1.54, 1.807) is 6.07 Å². The Balaban J connectivity index is 2.15. The topological polar surface area (TPSA) is 84.0 Å². The van der Waals surface area contributed by atoms with Crippen LogP contribution < -0.4 is 10.0 Å². The van der Waals surface area contributed by atoms with Gasteiger partial charge in [0, 0.05) is 11.4 Å². The van der Waals surface area contributed by atoms with Crippen LogP contribution in [0, 0.1) is 0 Å². The van der Waals surface area contributed by atoms with Crippen LogP contribution in [0.25, 0.3) is 0 Å². The Morgan fingerprint density at radius 1 is 1.45 bits per heavy atom. The van der Waals surface area contributed by atoms with E-state index in [0.29, 0.717) is 10.3 Å². The molecule has 2 N–H and O–H groups in total. The number of nitrogens with zero attached hydrogens (tertiary/aromatic N) is 2. The van der Waals surface area contributed by atoms with Crippen molar-refractivity contribution >= 4 is 53.8 Å². The zero-order valence-corrected chi connectivity index (χ0v) is 14.6. The van der Waals surface area contributed by atoms with Gasteiger partial charge in [-0.15, -0.1) is 21.5 Å². The van der Waals surface area contributed by atoms with Crippen molar-refractivity contribution in [3.05, 3.63) is 20.2 Å². The van der Waals surface area contributed by atoms with Gasteiger partial charge in [-0.1, -0.05) is 18.3 Å². The zero-order chi connectivity index (χ0) is 14.6. The number of anilines is 1. The fourth-order valence-electron chi connectivity index (χ4n) is 1.44. The summed E-state index contributed by atoms with van der Waals surface area (Å²) in [6.07, 6.45) is 1.04. The maximum atomic E-state index is 12.2. The standard InChI is InChI=1S/C10H13BrN4O2S3/c1-2-3-12-5-7-4-8(9(11)19-7)20(16,17)15-10-14-13-6-18-10/h4,6,12H,2-3,5H2,1H3,(H,14,15). The Morgan fingerprint density at radius 2 is 2.25 bits per heavy atom. The van der Waals surface area contributed by atoms with Gasteiger partial charge in [-0.05, 0) is 35.0 Å². The molecule has 0 aliphatic rings. The smallest absolute Gasteiger partial charge is 0.265 e. The fourth-order valence-corrected chi connectivity index (χ4v) is 5.79. The van der Waals surface area contributed by atoms with Crippen LogP contribution in [-0.2, 0) is 16.6 Å². The van der Waals surface area contributed by atoms with E-state index in [0.717, 1.165) is 29.2 Å². The van der Waals surface area contributed by atoms with Crippen LogP contribution in [0.3, 0.4) is 0 Å². The molecule has 10 heteroatoms. The van der Waals surface area contributed by atoms with Crippen LogP contribution in [0.4, 0.5) is 5.13 Å². The fraction of sp³-hybridized carbons (Fsp3) is 0.400. The van der Waals surface area contributed by atoms with E-state index in [-0.39, 0.29) is 10.0 Å². The summed E-state index contributed by atoms with van der Waals surface area (Å²) in [5.41, 5.74) is 1.47.